The normalized spacial score (nSPS) is 11.0. The summed E-state index contributed by atoms with van der Waals surface area (Å²) >= 11 is 3.43. The summed E-state index contributed by atoms with van der Waals surface area (Å²) in [5, 5.41) is 3.03. The quantitative estimate of drug-likeness (QED) is 0.776. The maximum atomic E-state index is 12.3. The van der Waals surface area contributed by atoms with Crippen molar-refractivity contribution in [1.29, 1.82) is 0 Å². The van der Waals surface area contributed by atoms with Crippen LogP contribution < -0.4 is 5.32 Å². The predicted octanol–water partition coefficient (Wildman–Crippen LogP) is 4.32. The van der Waals surface area contributed by atoms with Gasteiger partial charge in [0.25, 0.3) is 0 Å². The zero-order valence-electron chi connectivity index (χ0n) is 13.5. The molecule has 0 aliphatic carbocycles. The first-order chi connectivity index (χ1) is 9.88. The summed E-state index contributed by atoms with van der Waals surface area (Å²) in [5.41, 5.74) is 1.23. The lowest BCUT2D eigenvalue weighted by molar-refractivity contribution is 0.183. The highest BCUT2D eigenvalue weighted by Gasteiger charge is 2.15. The van der Waals surface area contributed by atoms with Gasteiger partial charge in [-0.2, -0.15) is 0 Å². The van der Waals surface area contributed by atoms with Gasteiger partial charge in [-0.15, -0.1) is 0 Å². The van der Waals surface area contributed by atoms with Crippen molar-refractivity contribution in [3.05, 3.63) is 34.3 Å². The van der Waals surface area contributed by atoms with Crippen LogP contribution in [0.15, 0.2) is 28.7 Å². The lowest BCUT2D eigenvalue weighted by Gasteiger charge is -2.26. The van der Waals surface area contributed by atoms with Gasteiger partial charge in [-0.1, -0.05) is 55.8 Å². The molecule has 0 atom stereocenters. The molecule has 0 saturated carbocycles. The number of carbonyl (C=O) groups excluding carboxylic acids is 1. The Hall–Kier alpha value is -1.03. The molecule has 1 aromatic carbocycles. The van der Waals surface area contributed by atoms with E-state index in [-0.39, 0.29) is 6.03 Å². The summed E-state index contributed by atoms with van der Waals surface area (Å²) in [5.74, 6) is 0.974. The number of hydrogen-bond donors (Lipinski definition) is 1. The molecule has 0 saturated heterocycles. The monoisotopic (exact) mass is 354 g/mol. The predicted molar refractivity (Wildman–Crippen MR) is 92.5 cm³/mol. The van der Waals surface area contributed by atoms with Gasteiger partial charge in [0, 0.05) is 24.1 Å². The van der Waals surface area contributed by atoms with Crippen molar-refractivity contribution in [2.45, 2.75) is 34.1 Å². The number of nitrogens with zero attached hydrogens (tertiary/aromatic N) is 1. The van der Waals surface area contributed by atoms with Crippen LogP contribution in [0.2, 0.25) is 0 Å². The highest BCUT2D eigenvalue weighted by Crippen LogP contribution is 2.10. The average Bonchev–Trinajstić information content (AvgIpc) is 2.39. The maximum Gasteiger partial charge on any atom is 0.317 e. The van der Waals surface area contributed by atoms with Gasteiger partial charge in [0.1, 0.15) is 0 Å². The molecule has 118 valence electrons. The first kappa shape index (κ1) is 18.0. The van der Waals surface area contributed by atoms with Gasteiger partial charge in [0.15, 0.2) is 0 Å². The molecule has 21 heavy (non-hydrogen) atoms. The molecule has 2 amide bonds. The van der Waals surface area contributed by atoms with Crippen molar-refractivity contribution in [1.82, 2.24) is 10.2 Å². The van der Waals surface area contributed by atoms with Crippen LogP contribution in [0.1, 0.15) is 33.3 Å². The summed E-state index contributed by atoms with van der Waals surface area (Å²) in [6, 6.07) is 8.27. The minimum atomic E-state index is 0.0505. The minimum Gasteiger partial charge on any atom is -0.338 e. The fraction of sp³-hybridized carbons (Fsp3) is 0.588. The molecule has 4 heteroatoms. The summed E-state index contributed by atoms with van der Waals surface area (Å²) in [7, 11) is 0. The maximum absolute atomic E-state index is 12.3. The molecule has 0 aromatic heterocycles. The lowest BCUT2D eigenvalue weighted by atomic mass is 10.1. The zero-order valence-corrected chi connectivity index (χ0v) is 15.1. The van der Waals surface area contributed by atoms with Crippen LogP contribution in [-0.2, 0) is 6.42 Å². The molecule has 0 fully saturated rings. The van der Waals surface area contributed by atoms with Crippen molar-refractivity contribution >= 4 is 22.0 Å². The molecule has 0 aliphatic rings. The van der Waals surface area contributed by atoms with E-state index in [4.69, 9.17) is 0 Å². The van der Waals surface area contributed by atoms with E-state index in [1.54, 1.807) is 0 Å². The third-order valence-electron chi connectivity index (χ3n) is 3.06. The molecule has 0 radical (unpaired) electrons. The Morgan fingerprint density at radius 2 is 1.62 bits per heavy atom. The highest BCUT2D eigenvalue weighted by molar-refractivity contribution is 9.10. The van der Waals surface area contributed by atoms with Crippen molar-refractivity contribution < 1.29 is 4.79 Å². The van der Waals surface area contributed by atoms with E-state index in [0.29, 0.717) is 18.4 Å². The smallest absolute Gasteiger partial charge is 0.317 e. The Bertz CT molecular complexity index is 419. The van der Waals surface area contributed by atoms with Crippen molar-refractivity contribution in [3.63, 3.8) is 0 Å². The van der Waals surface area contributed by atoms with Crippen LogP contribution in [0.4, 0.5) is 4.79 Å². The van der Waals surface area contributed by atoms with Crippen LogP contribution in [-0.4, -0.2) is 30.6 Å². The number of halogens is 1. The van der Waals surface area contributed by atoms with E-state index in [2.05, 4.69) is 61.1 Å². The van der Waals surface area contributed by atoms with Crippen LogP contribution >= 0.6 is 15.9 Å². The Kier molecular flexibility index (Phi) is 7.79. The summed E-state index contributed by atoms with van der Waals surface area (Å²) in [4.78, 5) is 14.2. The zero-order chi connectivity index (χ0) is 15.8. The second kappa shape index (κ2) is 9.08. The molecule has 3 nitrogen and oxygen atoms in total. The molecular weight excluding hydrogens is 328 g/mol. The average molecular weight is 355 g/mol. The Balaban J connectivity index is 2.43. The standard InChI is InChI=1S/C17H27BrN2O/c1-13(2)11-20(12-14(3)4)17(21)19-10-9-15-5-7-16(18)8-6-15/h5-8,13-14H,9-12H2,1-4H3,(H,19,21). The number of nitrogens with one attached hydrogen (secondary N) is 1. The minimum absolute atomic E-state index is 0.0505. The number of hydrogen-bond acceptors (Lipinski definition) is 1. The largest absolute Gasteiger partial charge is 0.338 e. The van der Waals surface area contributed by atoms with Crippen molar-refractivity contribution in [2.24, 2.45) is 11.8 Å². The molecular formula is C17H27BrN2O. The summed E-state index contributed by atoms with van der Waals surface area (Å²) in [6.45, 7) is 10.9. The first-order valence-corrected chi connectivity index (χ1v) is 8.45. The molecule has 0 heterocycles. The summed E-state index contributed by atoms with van der Waals surface area (Å²) in [6.07, 6.45) is 0.857. The molecule has 0 aliphatic heterocycles. The molecule has 1 aromatic rings. The third kappa shape index (κ3) is 7.51. The number of benzene rings is 1. The lowest BCUT2D eigenvalue weighted by Crippen LogP contribution is -2.44. The van der Waals surface area contributed by atoms with Crippen LogP contribution in [0.25, 0.3) is 0 Å². The second-order valence-corrected chi connectivity index (χ2v) is 7.22. The third-order valence-corrected chi connectivity index (χ3v) is 3.59. The fourth-order valence-corrected chi connectivity index (χ4v) is 2.46. The van der Waals surface area contributed by atoms with Crippen LogP contribution in [0.3, 0.4) is 0 Å². The van der Waals surface area contributed by atoms with Gasteiger partial charge in [-0.25, -0.2) is 4.79 Å². The fourth-order valence-electron chi connectivity index (χ4n) is 2.20. The molecule has 0 bridgehead atoms. The Labute approximate surface area is 137 Å². The second-order valence-electron chi connectivity index (χ2n) is 6.30. The van der Waals surface area contributed by atoms with E-state index in [1.807, 2.05) is 17.0 Å². The number of urea groups is 1. The van der Waals surface area contributed by atoms with E-state index in [9.17, 15) is 4.79 Å². The van der Waals surface area contributed by atoms with E-state index < -0.39 is 0 Å². The Morgan fingerprint density at radius 1 is 1.10 bits per heavy atom. The van der Waals surface area contributed by atoms with Gasteiger partial charge < -0.3 is 10.2 Å². The van der Waals surface area contributed by atoms with Gasteiger partial charge in [0.05, 0.1) is 0 Å². The molecule has 0 unspecified atom stereocenters. The SMILES string of the molecule is CC(C)CN(CC(C)C)C(=O)NCCc1ccc(Br)cc1. The molecule has 1 N–H and O–H groups in total. The number of rotatable bonds is 7. The Morgan fingerprint density at radius 3 is 2.10 bits per heavy atom. The van der Waals surface area contributed by atoms with Gasteiger partial charge >= 0.3 is 6.03 Å². The van der Waals surface area contributed by atoms with E-state index in [0.717, 1.165) is 24.0 Å². The summed E-state index contributed by atoms with van der Waals surface area (Å²) < 4.78 is 1.08. The number of amides is 2. The van der Waals surface area contributed by atoms with Gasteiger partial charge in [-0.3, -0.25) is 0 Å². The van der Waals surface area contributed by atoms with Gasteiger partial charge in [0.2, 0.25) is 0 Å². The highest BCUT2D eigenvalue weighted by atomic mass is 79.9. The van der Waals surface area contributed by atoms with Crippen molar-refractivity contribution in [3.8, 4) is 0 Å². The van der Waals surface area contributed by atoms with E-state index in [1.165, 1.54) is 5.56 Å². The first-order valence-electron chi connectivity index (χ1n) is 7.65. The topological polar surface area (TPSA) is 32.3 Å². The van der Waals surface area contributed by atoms with Crippen molar-refractivity contribution in [2.75, 3.05) is 19.6 Å². The number of carbonyl (C=O) groups is 1. The van der Waals surface area contributed by atoms with E-state index >= 15 is 0 Å². The molecule has 1 rings (SSSR count). The molecule has 0 spiro atoms. The van der Waals surface area contributed by atoms with Crippen LogP contribution in [0.5, 0.6) is 0 Å². The van der Waals surface area contributed by atoms with Gasteiger partial charge in [-0.05, 0) is 36.0 Å². The van der Waals surface area contributed by atoms with Crippen LogP contribution in [0, 0.1) is 11.8 Å².